The summed E-state index contributed by atoms with van der Waals surface area (Å²) < 4.78 is 0. The van der Waals surface area contributed by atoms with Crippen molar-refractivity contribution in [3.05, 3.63) is 0 Å². The van der Waals surface area contributed by atoms with Crippen molar-refractivity contribution in [2.45, 2.75) is 118 Å². The number of ketones is 1. The van der Waals surface area contributed by atoms with E-state index in [2.05, 4.69) is 20.8 Å². The van der Waals surface area contributed by atoms with Gasteiger partial charge in [-0.2, -0.15) is 0 Å². The van der Waals surface area contributed by atoms with Gasteiger partial charge in [0.15, 0.2) is 5.79 Å². The summed E-state index contributed by atoms with van der Waals surface area (Å²) in [4.78, 5) is 10.3. The van der Waals surface area contributed by atoms with Gasteiger partial charge in [0, 0.05) is 19.3 Å². The average Bonchev–Trinajstić information content (AvgIpc) is 2.98. The summed E-state index contributed by atoms with van der Waals surface area (Å²) >= 11 is 0. The highest BCUT2D eigenvalue weighted by molar-refractivity contribution is 5.75. The fourth-order valence-corrected chi connectivity index (χ4v) is 8.58. The summed E-state index contributed by atoms with van der Waals surface area (Å²) in [7, 11) is 0. The molecular weight excluding hydrogens is 372 g/mol. The zero-order valence-electron chi connectivity index (χ0n) is 20.5. The Morgan fingerprint density at radius 2 is 1.60 bits per heavy atom. The molecule has 0 bridgehead atoms. The molecule has 4 aliphatic carbocycles. The van der Waals surface area contributed by atoms with E-state index in [9.17, 15) is 15.0 Å². The van der Waals surface area contributed by atoms with E-state index in [1.165, 1.54) is 44.9 Å². The van der Waals surface area contributed by atoms with E-state index in [1.807, 2.05) is 13.8 Å². The number of hydrogen-bond acceptors (Lipinski definition) is 3. The van der Waals surface area contributed by atoms with Gasteiger partial charge in [0.25, 0.3) is 0 Å². The molecule has 0 aliphatic heterocycles. The van der Waals surface area contributed by atoms with E-state index < -0.39 is 5.79 Å². The predicted octanol–water partition coefficient (Wildman–Crippen LogP) is 6.36. The van der Waals surface area contributed by atoms with Gasteiger partial charge in [-0.1, -0.05) is 41.0 Å². The molecule has 0 spiro atoms. The van der Waals surface area contributed by atoms with Crippen LogP contribution in [0.25, 0.3) is 0 Å². The Labute approximate surface area is 185 Å². The minimum absolute atomic E-state index is 0.287. The lowest BCUT2D eigenvalue weighted by Crippen LogP contribution is -2.55. The van der Waals surface area contributed by atoms with Gasteiger partial charge >= 0.3 is 0 Å². The molecule has 0 heterocycles. The fourth-order valence-electron chi connectivity index (χ4n) is 8.58. The summed E-state index contributed by atoms with van der Waals surface area (Å²) in [5.41, 5.74) is 0.967. The second-order valence-corrected chi connectivity index (χ2v) is 12.4. The first-order valence-corrected chi connectivity index (χ1v) is 12.9. The molecular formula is C27H48O3. The SMILES string of the molecule is CC(=O)CC(C)C.CC[C@H]1CC[C@H]2[C@@H]3CCC4CC(O)(O)CC[C@]4(C)[C@H]3CC[C@]12C. The zero-order chi connectivity index (χ0) is 22.3. The molecule has 0 amide bonds. The topological polar surface area (TPSA) is 57.5 Å². The average molecular weight is 421 g/mol. The predicted molar refractivity (Wildman–Crippen MR) is 123 cm³/mol. The van der Waals surface area contributed by atoms with Crippen molar-refractivity contribution in [1.29, 1.82) is 0 Å². The maximum atomic E-state index is 10.3. The molecule has 4 rings (SSSR count). The van der Waals surface area contributed by atoms with Crippen molar-refractivity contribution < 1.29 is 15.0 Å². The van der Waals surface area contributed by atoms with Gasteiger partial charge in [-0.25, -0.2) is 0 Å². The number of rotatable bonds is 3. The van der Waals surface area contributed by atoms with Gasteiger partial charge in [-0.15, -0.1) is 0 Å². The largest absolute Gasteiger partial charge is 0.366 e. The molecule has 2 N–H and O–H groups in total. The van der Waals surface area contributed by atoms with Gasteiger partial charge < -0.3 is 15.0 Å². The van der Waals surface area contributed by atoms with Crippen LogP contribution in [-0.4, -0.2) is 21.8 Å². The maximum Gasteiger partial charge on any atom is 0.162 e. The minimum atomic E-state index is -1.39. The van der Waals surface area contributed by atoms with E-state index in [4.69, 9.17) is 0 Å². The highest BCUT2D eigenvalue weighted by Gasteiger charge is 2.60. The molecule has 4 aliphatic rings. The Morgan fingerprint density at radius 3 is 2.17 bits per heavy atom. The van der Waals surface area contributed by atoms with Crippen molar-refractivity contribution in [1.82, 2.24) is 0 Å². The third-order valence-corrected chi connectivity index (χ3v) is 10.1. The molecule has 4 saturated carbocycles. The van der Waals surface area contributed by atoms with Crippen LogP contribution in [0.5, 0.6) is 0 Å². The van der Waals surface area contributed by atoms with Crippen LogP contribution in [0.15, 0.2) is 0 Å². The van der Waals surface area contributed by atoms with Crippen LogP contribution in [0.2, 0.25) is 0 Å². The molecule has 30 heavy (non-hydrogen) atoms. The first-order chi connectivity index (χ1) is 13.9. The molecule has 3 heteroatoms. The van der Waals surface area contributed by atoms with E-state index in [-0.39, 0.29) is 5.78 Å². The summed E-state index contributed by atoms with van der Waals surface area (Å²) in [6.07, 6.45) is 12.6. The van der Waals surface area contributed by atoms with Crippen LogP contribution in [0, 0.1) is 46.3 Å². The van der Waals surface area contributed by atoms with Crippen molar-refractivity contribution in [2.24, 2.45) is 46.3 Å². The number of carbonyl (C=O) groups excluding carboxylic acids is 1. The molecule has 3 nitrogen and oxygen atoms in total. The molecule has 174 valence electrons. The van der Waals surface area contributed by atoms with E-state index in [0.717, 1.165) is 36.5 Å². The van der Waals surface area contributed by atoms with Crippen molar-refractivity contribution in [3.8, 4) is 0 Å². The van der Waals surface area contributed by atoms with E-state index >= 15 is 0 Å². The standard InChI is InChI=1S/C21H36O2.C6H12O/c1-4-14-6-8-17-16-7-5-15-13-21(22,23)12-11-20(15,3)18(16)9-10-19(14,17)2;1-5(2)4-6(3)7/h14-18,22-23H,4-13H2,1-3H3;5H,4H2,1-3H3/t14-,15?,16-,17-,18-,19+,20-;/m0./s1. The molecule has 0 saturated heterocycles. The Hall–Kier alpha value is -0.410. The number of hydrogen-bond donors (Lipinski definition) is 2. The fraction of sp³-hybridized carbons (Fsp3) is 0.963. The Morgan fingerprint density at radius 1 is 0.933 bits per heavy atom. The lowest BCUT2D eigenvalue weighted by molar-refractivity contribution is -0.233. The highest BCUT2D eigenvalue weighted by atomic mass is 16.5. The smallest absolute Gasteiger partial charge is 0.162 e. The minimum Gasteiger partial charge on any atom is -0.366 e. The maximum absolute atomic E-state index is 10.3. The first kappa shape index (κ1) is 24.2. The van der Waals surface area contributed by atoms with Crippen molar-refractivity contribution in [3.63, 3.8) is 0 Å². The first-order valence-electron chi connectivity index (χ1n) is 12.9. The van der Waals surface area contributed by atoms with Gasteiger partial charge in [-0.05, 0) is 98.2 Å². The van der Waals surface area contributed by atoms with Gasteiger partial charge in [0.05, 0.1) is 0 Å². The Kier molecular flexibility index (Phi) is 7.15. The molecule has 0 aromatic rings. The highest BCUT2D eigenvalue weighted by Crippen LogP contribution is 2.68. The van der Waals surface area contributed by atoms with E-state index in [1.54, 1.807) is 6.92 Å². The van der Waals surface area contributed by atoms with Crippen LogP contribution in [0.3, 0.4) is 0 Å². The third kappa shape index (κ3) is 4.53. The molecule has 4 fully saturated rings. The Bertz CT molecular complexity index is 611. The van der Waals surface area contributed by atoms with Crippen LogP contribution < -0.4 is 0 Å². The summed E-state index contributed by atoms with van der Waals surface area (Å²) in [5, 5.41) is 20.3. The lowest BCUT2D eigenvalue weighted by atomic mass is 9.44. The molecule has 0 aromatic heterocycles. The second-order valence-electron chi connectivity index (χ2n) is 12.4. The monoisotopic (exact) mass is 420 g/mol. The molecule has 0 aromatic carbocycles. The van der Waals surface area contributed by atoms with E-state index in [0.29, 0.717) is 35.5 Å². The van der Waals surface area contributed by atoms with Gasteiger partial charge in [-0.3, -0.25) is 0 Å². The molecule has 1 unspecified atom stereocenters. The number of carbonyl (C=O) groups is 1. The Balaban J connectivity index is 0.000000318. The van der Waals surface area contributed by atoms with Crippen LogP contribution in [0.1, 0.15) is 112 Å². The quantitative estimate of drug-likeness (QED) is 0.522. The number of Topliss-reactive ketones (excluding diaryl/α,β-unsaturated/α-hetero) is 1. The van der Waals surface area contributed by atoms with Crippen LogP contribution >= 0.6 is 0 Å². The van der Waals surface area contributed by atoms with Gasteiger partial charge in [0.2, 0.25) is 0 Å². The van der Waals surface area contributed by atoms with Crippen LogP contribution in [-0.2, 0) is 4.79 Å². The number of aliphatic hydroxyl groups is 2. The zero-order valence-corrected chi connectivity index (χ0v) is 20.5. The summed E-state index contributed by atoms with van der Waals surface area (Å²) in [6.45, 7) is 13.2. The van der Waals surface area contributed by atoms with Gasteiger partial charge in [0.1, 0.15) is 5.78 Å². The summed E-state index contributed by atoms with van der Waals surface area (Å²) in [5.74, 6) is 3.60. The molecule has 7 atom stereocenters. The van der Waals surface area contributed by atoms with Crippen molar-refractivity contribution in [2.75, 3.05) is 0 Å². The third-order valence-electron chi connectivity index (χ3n) is 10.1. The second kappa shape index (κ2) is 8.85. The molecule has 0 radical (unpaired) electrons. The summed E-state index contributed by atoms with van der Waals surface area (Å²) in [6, 6.07) is 0. The normalized spacial score (nSPS) is 44.4. The van der Waals surface area contributed by atoms with Crippen LogP contribution in [0.4, 0.5) is 0 Å². The van der Waals surface area contributed by atoms with Crippen molar-refractivity contribution >= 4 is 5.78 Å². The number of fused-ring (bicyclic) bond motifs is 5. The lowest BCUT2D eigenvalue weighted by Gasteiger charge is -2.61.